The monoisotopic (exact) mass is 387 g/mol. The predicted octanol–water partition coefficient (Wildman–Crippen LogP) is 3.18. The molecule has 146 valence electrons. The van der Waals surface area contributed by atoms with E-state index in [4.69, 9.17) is 0 Å². The zero-order valence-electron chi connectivity index (χ0n) is 16.7. The average molecular weight is 387 g/mol. The fourth-order valence-electron chi connectivity index (χ4n) is 4.03. The van der Waals surface area contributed by atoms with E-state index in [2.05, 4.69) is 38.7 Å². The SMILES string of the molecule is Cc1nnc(N[C@H](C)c2cccc3[nH]ncc23)c2cc3c(cc12)n(C)c(=O)n3C. The molecule has 5 aromatic rings. The van der Waals surface area contributed by atoms with Crippen LogP contribution >= 0.6 is 0 Å². The fourth-order valence-corrected chi connectivity index (χ4v) is 4.03. The van der Waals surface area contributed by atoms with Gasteiger partial charge < -0.3 is 5.32 Å². The van der Waals surface area contributed by atoms with Gasteiger partial charge in [-0.25, -0.2) is 4.79 Å². The first-order valence-corrected chi connectivity index (χ1v) is 9.46. The molecule has 0 aliphatic rings. The van der Waals surface area contributed by atoms with Crippen LogP contribution in [0.2, 0.25) is 0 Å². The summed E-state index contributed by atoms with van der Waals surface area (Å²) in [6.07, 6.45) is 1.84. The van der Waals surface area contributed by atoms with Crippen LogP contribution in [-0.2, 0) is 14.1 Å². The molecule has 8 nitrogen and oxygen atoms in total. The van der Waals surface area contributed by atoms with E-state index in [0.29, 0.717) is 5.82 Å². The van der Waals surface area contributed by atoms with Crippen molar-refractivity contribution in [3.05, 3.63) is 58.3 Å². The zero-order valence-corrected chi connectivity index (χ0v) is 16.7. The van der Waals surface area contributed by atoms with E-state index in [1.807, 2.05) is 37.4 Å². The predicted molar refractivity (Wildman–Crippen MR) is 114 cm³/mol. The molecule has 8 heteroatoms. The number of nitrogens with zero attached hydrogens (tertiary/aromatic N) is 5. The van der Waals surface area contributed by atoms with Gasteiger partial charge in [-0.3, -0.25) is 14.2 Å². The van der Waals surface area contributed by atoms with Gasteiger partial charge in [0.1, 0.15) is 0 Å². The van der Waals surface area contributed by atoms with Crippen molar-refractivity contribution in [1.29, 1.82) is 0 Å². The number of H-pyrrole nitrogens is 1. The summed E-state index contributed by atoms with van der Waals surface area (Å²) >= 11 is 0. The maximum absolute atomic E-state index is 12.4. The zero-order chi connectivity index (χ0) is 20.3. The Morgan fingerprint density at radius 2 is 1.76 bits per heavy atom. The van der Waals surface area contributed by atoms with Crippen molar-refractivity contribution in [3.63, 3.8) is 0 Å². The molecule has 0 radical (unpaired) electrons. The minimum atomic E-state index is -0.0524. The standard InChI is InChI=1S/C21H21N7O/c1-11(13-6-5-7-17-16(13)10-22-25-17)23-20-15-9-19-18(27(3)21(29)28(19)4)8-14(15)12(2)24-26-20/h5-11H,1-4H3,(H,22,25)(H,23,26)/t11-/m1/s1. The lowest BCUT2D eigenvalue weighted by molar-refractivity contribution is 0.795. The second-order valence-corrected chi connectivity index (χ2v) is 7.47. The van der Waals surface area contributed by atoms with E-state index in [0.717, 1.165) is 44.0 Å². The molecular weight excluding hydrogens is 366 g/mol. The lowest BCUT2D eigenvalue weighted by Gasteiger charge is -2.17. The number of imidazole rings is 1. The van der Waals surface area contributed by atoms with Crippen molar-refractivity contribution in [3.8, 4) is 0 Å². The number of fused-ring (bicyclic) bond motifs is 3. The van der Waals surface area contributed by atoms with Crippen LogP contribution in [0.5, 0.6) is 0 Å². The summed E-state index contributed by atoms with van der Waals surface area (Å²) in [7, 11) is 3.57. The molecule has 0 spiro atoms. The van der Waals surface area contributed by atoms with E-state index in [9.17, 15) is 4.79 Å². The topological polar surface area (TPSA) is 93.4 Å². The summed E-state index contributed by atoms with van der Waals surface area (Å²) in [5.74, 6) is 0.691. The molecular formula is C21H21N7O. The second kappa shape index (κ2) is 6.16. The molecule has 3 heterocycles. The van der Waals surface area contributed by atoms with Crippen molar-refractivity contribution in [2.24, 2.45) is 14.1 Å². The first-order valence-electron chi connectivity index (χ1n) is 9.46. The smallest absolute Gasteiger partial charge is 0.328 e. The molecule has 5 rings (SSSR count). The molecule has 0 amide bonds. The van der Waals surface area contributed by atoms with Crippen molar-refractivity contribution < 1.29 is 0 Å². The van der Waals surface area contributed by atoms with Crippen LogP contribution in [0.15, 0.2) is 41.3 Å². The number of hydrogen-bond donors (Lipinski definition) is 2. The molecule has 1 atom stereocenters. The van der Waals surface area contributed by atoms with Crippen LogP contribution in [0.1, 0.15) is 24.2 Å². The molecule has 0 saturated heterocycles. The summed E-state index contributed by atoms with van der Waals surface area (Å²) in [4.78, 5) is 12.4. The van der Waals surface area contributed by atoms with Gasteiger partial charge in [0.15, 0.2) is 5.82 Å². The summed E-state index contributed by atoms with van der Waals surface area (Å²) < 4.78 is 3.31. The summed E-state index contributed by atoms with van der Waals surface area (Å²) in [6.45, 7) is 4.02. The number of aromatic nitrogens is 6. The number of nitrogens with one attached hydrogen (secondary N) is 2. The van der Waals surface area contributed by atoms with Gasteiger partial charge in [-0.15, -0.1) is 5.10 Å². The number of aromatic amines is 1. The van der Waals surface area contributed by atoms with E-state index < -0.39 is 0 Å². The Balaban J connectivity index is 1.68. The van der Waals surface area contributed by atoms with Crippen molar-refractivity contribution >= 4 is 38.5 Å². The van der Waals surface area contributed by atoms with E-state index in [1.54, 1.807) is 23.2 Å². The number of benzene rings is 2. The van der Waals surface area contributed by atoms with Crippen molar-refractivity contribution in [2.75, 3.05) is 5.32 Å². The third-order valence-corrected chi connectivity index (χ3v) is 5.69. The Morgan fingerprint density at radius 3 is 2.52 bits per heavy atom. The summed E-state index contributed by atoms with van der Waals surface area (Å²) in [6, 6.07) is 10.1. The molecule has 2 N–H and O–H groups in total. The highest BCUT2D eigenvalue weighted by Crippen LogP contribution is 2.31. The first kappa shape index (κ1) is 17.4. The normalized spacial score (nSPS) is 12.8. The molecule has 0 aliphatic carbocycles. The number of aryl methyl sites for hydroxylation is 3. The van der Waals surface area contributed by atoms with Gasteiger partial charge in [-0.2, -0.15) is 10.2 Å². The molecule has 3 aromatic heterocycles. The van der Waals surface area contributed by atoms with Crippen LogP contribution in [0.3, 0.4) is 0 Å². The second-order valence-electron chi connectivity index (χ2n) is 7.47. The summed E-state index contributed by atoms with van der Waals surface area (Å²) in [5, 5.41) is 22.4. The molecule has 0 aliphatic heterocycles. The number of hydrogen-bond acceptors (Lipinski definition) is 5. The first-order chi connectivity index (χ1) is 14.0. The van der Waals surface area contributed by atoms with Crippen molar-refractivity contribution in [2.45, 2.75) is 19.9 Å². The quantitative estimate of drug-likeness (QED) is 0.496. The van der Waals surface area contributed by atoms with Gasteiger partial charge in [0.2, 0.25) is 0 Å². The molecule has 0 bridgehead atoms. The van der Waals surface area contributed by atoms with E-state index in [-0.39, 0.29) is 11.7 Å². The highest BCUT2D eigenvalue weighted by atomic mass is 16.1. The van der Waals surface area contributed by atoms with Crippen LogP contribution in [0.4, 0.5) is 5.82 Å². The Kier molecular flexibility index (Phi) is 3.70. The maximum atomic E-state index is 12.4. The molecule has 0 fully saturated rings. The Bertz CT molecular complexity index is 1460. The highest BCUT2D eigenvalue weighted by Gasteiger charge is 2.16. The van der Waals surface area contributed by atoms with Gasteiger partial charge in [0.25, 0.3) is 0 Å². The lowest BCUT2D eigenvalue weighted by Crippen LogP contribution is -2.19. The molecule has 0 unspecified atom stereocenters. The average Bonchev–Trinajstić information content (AvgIpc) is 3.29. The van der Waals surface area contributed by atoms with Gasteiger partial charge >= 0.3 is 5.69 Å². The largest absolute Gasteiger partial charge is 0.362 e. The van der Waals surface area contributed by atoms with E-state index >= 15 is 0 Å². The third-order valence-electron chi connectivity index (χ3n) is 5.69. The van der Waals surface area contributed by atoms with Crippen LogP contribution < -0.4 is 11.0 Å². The highest BCUT2D eigenvalue weighted by molar-refractivity contribution is 6.01. The fraction of sp³-hybridized carbons (Fsp3) is 0.238. The van der Waals surface area contributed by atoms with Gasteiger partial charge in [0.05, 0.1) is 34.5 Å². The molecule has 2 aromatic carbocycles. The van der Waals surface area contributed by atoms with Gasteiger partial charge in [-0.1, -0.05) is 12.1 Å². The number of rotatable bonds is 3. The maximum Gasteiger partial charge on any atom is 0.328 e. The Hall–Kier alpha value is -3.68. The summed E-state index contributed by atoms with van der Waals surface area (Å²) in [5.41, 5.74) is 4.64. The number of anilines is 1. The third kappa shape index (κ3) is 2.52. The van der Waals surface area contributed by atoms with Crippen LogP contribution in [0.25, 0.3) is 32.7 Å². The Labute approximate surface area is 166 Å². The minimum Gasteiger partial charge on any atom is -0.362 e. The molecule has 29 heavy (non-hydrogen) atoms. The van der Waals surface area contributed by atoms with Crippen molar-refractivity contribution in [1.82, 2.24) is 29.5 Å². The minimum absolute atomic E-state index is 0.00760. The lowest BCUT2D eigenvalue weighted by atomic mass is 10.0. The Morgan fingerprint density at radius 1 is 1.03 bits per heavy atom. The van der Waals surface area contributed by atoms with Crippen LogP contribution in [0, 0.1) is 6.92 Å². The van der Waals surface area contributed by atoms with Crippen LogP contribution in [-0.4, -0.2) is 29.5 Å². The van der Waals surface area contributed by atoms with Gasteiger partial charge in [0, 0.05) is 30.3 Å². The van der Waals surface area contributed by atoms with E-state index in [1.165, 1.54) is 0 Å². The van der Waals surface area contributed by atoms with Gasteiger partial charge in [-0.05, 0) is 37.6 Å². The molecule has 0 saturated carbocycles.